The molecule has 0 aliphatic rings. The van der Waals surface area contributed by atoms with Gasteiger partial charge in [-0.05, 0) is 31.5 Å². The average molecular weight is 286 g/mol. The molecule has 2 N–H and O–H groups in total. The van der Waals surface area contributed by atoms with Gasteiger partial charge < -0.3 is 10.2 Å². The van der Waals surface area contributed by atoms with Crippen molar-refractivity contribution < 1.29 is 4.42 Å². The number of aryl methyl sites for hydroxylation is 2. The minimum absolute atomic E-state index is 0.280. The fraction of sp³-hybridized carbons (Fsp3) is 0.176. The molecule has 0 saturated carbocycles. The molecule has 3 rings (SSSR count). The van der Waals surface area contributed by atoms with E-state index in [0.717, 1.165) is 16.7 Å². The van der Waals surface area contributed by atoms with Crippen LogP contribution < -0.4 is 5.73 Å². The van der Waals surface area contributed by atoms with Crippen LogP contribution >= 0.6 is 11.6 Å². The third kappa shape index (κ3) is 2.33. The smallest absolute Gasteiger partial charge is 0.152 e. The van der Waals surface area contributed by atoms with E-state index in [0.29, 0.717) is 10.6 Å². The molecular formula is C17H16ClNO. The quantitative estimate of drug-likeness (QED) is 0.738. The Morgan fingerprint density at radius 3 is 2.40 bits per heavy atom. The first-order valence-electron chi connectivity index (χ1n) is 6.56. The topological polar surface area (TPSA) is 39.2 Å². The molecule has 0 aliphatic heterocycles. The first-order valence-corrected chi connectivity index (χ1v) is 6.94. The first-order chi connectivity index (χ1) is 9.54. The zero-order valence-corrected chi connectivity index (χ0v) is 12.2. The lowest BCUT2D eigenvalue weighted by molar-refractivity contribution is 0.525. The van der Waals surface area contributed by atoms with Crippen molar-refractivity contribution in [2.75, 3.05) is 0 Å². The van der Waals surface area contributed by atoms with Crippen LogP contribution in [0, 0.1) is 13.8 Å². The molecule has 0 aliphatic carbocycles. The van der Waals surface area contributed by atoms with Crippen molar-refractivity contribution in [1.29, 1.82) is 0 Å². The molecule has 2 aromatic carbocycles. The van der Waals surface area contributed by atoms with Gasteiger partial charge in [0.1, 0.15) is 5.76 Å². The van der Waals surface area contributed by atoms with Crippen molar-refractivity contribution in [2.45, 2.75) is 19.9 Å². The summed E-state index contributed by atoms with van der Waals surface area (Å²) in [6.07, 6.45) is 0. The highest BCUT2D eigenvalue weighted by Gasteiger charge is 2.16. The summed E-state index contributed by atoms with van der Waals surface area (Å²) in [5.41, 5.74) is 10.5. The molecule has 1 aromatic heterocycles. The fourth-order valence-corrected chi connectivity index (χ4v) is 2.77. The van der Waals surface area contributed by atoms with Crippen LogP contribution in [0.4, 0.5) is 0 Å². The molecule has 1 unspecified atom stereocenters. The minimum atomic E-state index is -0.280. The maximum absolute atomic E-state index is 6.33. The van der Waals surface area contributed by atoms with Crippen LogP contribution in [-0.4, -0.2) is 0 Å². The number of hydrogen-bond acceptors (Lipinski definition) is 2. The van der Waals surface area contributed by atoms with Gasteiger partial charge >= 0.3 is 0 Å². The first kappa shape index (κ1) is 13.2. The lowest BCUT2D eigenvalue weighted by atomic mass is 10.0. The van der Waals surface area contributed by atoms with Crippen molar-refractivity contribution in [3.8, 4) is 0 Å². The van der Waals surface area contributed by atoms with Gasteiger partial charge in [-0.1, -0.05) is 53.1 Å². The number of benzene rings is 2. The van der Waals surface area contributed by atoms with Gasteiger partial charge in [-0.3, -0.25) is 0 Å². The predicted molar refractivity (Wildman–Crippen MR) is 83.2 cm³/mol. The molecule has 0 fully saturated rings. The summed E-state index contributed by atoms with van der Waals surface area (Å²) < 4.78 is 5.84. The Morgan fingerprint density at radius 2 is 1.75 bits per heavy atom. The predicted octanol–water partition coefficient (Wildman–Crippen LogP) is 4.75. The van der Waals surface area contributed by atoms with Crippen LogP contribution in [-0.2, 0) is 0 Å². The van der Waals surface area contributed by atoms with Crippen LogP contribution in [0.5, 0.6) is 0 Å². The maximum atomic E-state index is 6.33. The Morgan fingerprint density at radius 1 is 1.05 bits per heavy atom. The van der Waals surface area contributed by atoms with Gasteiger partial charge in [0.05, 0.1) is 11.1 Å². The number of furan rings is 1. The van der Waals surface area contributed by atoms with Crippen LogP contribution in [0.15, 0.2) is 46.9 Å². The second kappa shape index (κ2) is 4.97. The van der Waals surface area contributed by atoms with Gasteiger partial charge in [-0.25, -0.2) is 0 Å². The Kier molecular flexibility index (Phi) is 3.28. The SMILES string of the molecule is Cc1cc(C)cc(C(N)c2cc3cccc(Cl)c3o2)c1. The minimum Gasteiger partial charge on any atom is -0.457 e. The molecule has 3 heteroatoms. The largest absolute Gasteiger partial charge is 0.457 e. The van der Waals surface area contributed by atoms with E-state index in [-0.39, 0.29) is 6.04 Å². The molecule has 0 radical (unpaired) electrons. The standard InChI is InChI=1S/C17H16ClNO/c1-10-6-11(2)8-13(7-10)16(19)15-9-12-4-3-5-14(18)17(12)20-15/h3-9,16H,19H2,1-2H3. The molecule has 1 atom stereocenters. The van der Waals surface area contributed by atoms with E-state index in [1.165, 1.54) is 11.1 Å². The third-order valence-corrected chi connectivity index (χ3v) is 3.72. The van der Waals surface area contributed by atoms with Crippen LogP contribution in [0.3, 0.4) is 0 Å². The van der Waals surface area contributed by atoms with Crippen molar-refractivity contribution in [3.05, 3.63) is 69.9 Å². The molecule has 3 aromatic rings. The highest BCUT2D eigenvalue weighted by molar-refractivity contribution is 6.34. The lowest BCUT2D eigenvalue weighted by Gasteiger charge is -2.11. The van der Waals surface area contributed by atoms with E-state index in [1.807, 2.05) is 24.3 Å². The average Bonchev–Trinajstić information content (AvgIpc) is 2.82. The third-order valence-electron chi connectivity index (χ3n) is 3.42. The van der Waals surface area contributed by atoms with Crippen LogP contribution in [0.1, 0.15) is 28.5 Å². The zero-order chi connectivity index (χ0) is 14.3. The summed E-state index contributed by atoms with van der Waals surface area (Å²) in [5.74, 6) is 0.734. The normalized spacial score (nSPS) is 12.8. The monoisotopic (exact) mass is 285 g/mol. The molecule has 102 valence electrons. The fourth-order valence-electron chi connectivity index (χ4n) is 2.55. The summed E-state index contributed by atoms with van der Waals surface area (Å²) in [5, 5.41) is 1.59. The van der Waals surface area contributed by atoms with Gasteiger partial charge in [-0.2, -0.15) is 0 Å². The van der Waals surface area contributed by atoms with Gasteiger partial charge in [0.25, 0.3) is 0 Å². The summed E-state index contributed by atoms with van der Waals surface area (Å²) >= 11 is 6.14. The molecule has 1 heterocycles. The number of halogens is 1. The Hall–Kier alpha value is -1.77. The molecular weight excluding hydrogens is 270 g/mol. The van der Waals surface area contributed by atoms with E-state index in [1.54, 1.807) is 0 Å². The van der Waals surface area contributed by atoms with Crippen molar-refractivity contribution in [1.82, 2.24) is 0 Å². The summed E-state index contributed by atoms with van der Waals surface area (Å²) in [6, 6.07) is 13.7. The summed E-state index contributed by atoms with van der Waals surface area (Å²) in [7, 11) is 0. The van der Waals surface area contributed by atoms with Crippen LogP contribution in [0.25, 0.3) is 11.0 Å². The zero-order valence-electron chi connectivity index (χ0n) is 11.5. The van der Waals surface area contributed by atoms with E-state index in [9.17, 15) is 0 Å². The summed E-state index contributed by atoms with van der Waals surface area (Å²) in [6.45, 7) is 4.14. The van der Waals surface area contributed by atoms with Gasteiger partial charge in [0, 0.05) is 5.39 Å². The Bertz CT molecular complexity index is 756. The molecule has 2 nitrogen and oxygen atoms in total. The molecule has 20 heavy (non-hydrogen) atoms. The van der Waals surface area contributed by atoms with E-state index in [4.69, 9.17) is 21.8 Å². The number of fused-ring (bicyclic) bond motifs is 1. The number of hydrogen-bond donors (Lipinski definition) is 1. The number of para-hydroxylation sites is 1. The molecule has 0 spiro atoms. The van der Waals surface area contributed by atoms with Crippen molar-refractivity contribution in [3.63, 3.8) is 0 Å². The van der Waals surface area contributed by atoms with Crippen LogP contribution in [0.2, 0.25) is 5.02 Å². The number of rotatable bonds is 2. The van der Waals surface area contributed by atoms with E-state index >= 15 is 0 Å². The highest BCUT2D eigenvalue weighted by Crippen LogP contribution is 2.31. The van der Waals surface area contributed by atoms with Gasteiger partial charge in [-0.15, -0.1) is 0 Å². The molecule has 0 saturated heterocycles. The Labute approximate surface area is 123 Å². The van der Waals surface area contributed by atoms with E-state index in [2.05, 4.69) is 32.0 Å². The Balaban J connectivity index is 2.07. The van der Waals surface area contributed by atoms with Gasteiger partial charge in [0.15, 0.2) is 5.58 Å². The van der Waals surface area contributed by atoms with E-state index < -0.39 is 0 Å². The molecule has 0 amide bonds. The second-order valence-corrected chi connectivity index (χ2v) is 5.61. The summed E-state index contributed by atoms with van der Waals surface area (Å²) in [4.78, 5) is 0. The van der Waals surface area contributed by atoms with Crippen molar-refractivity contribution >= 4 is 22.6 Å². The number of nitrogens with two attached hydrogens (primary N) is 1. The lowest BCUT2D eigenvalue weighted by Crippen LogP contribution is -2.11. The van der Waals surface area contributed by atoms with Gasteiger partial charge in [0.2, 0.25) is 0 Å². The van der Waals surface area contributed by atoms with Crippen molar-refractivity contribution in [2.24, 2.45) is 5.73 Å². The maximum Gasteiger partial charge on any atom is 0.152 e. The second-order valence-electron chi connectivity index (χ2n) is 5.21. The highest BCUT2D eigenvalue weighted by atomic mass is 35.5. The molecule has 0 bridgehead atoms.